The van der Waals surface area contributed by atoms with Crippen LogP contribution in [0.4, 0.5) is 0 Å². The van der Waals surface area contributed by atoms with E-state index in [1.165, 1.54) is 11.8 Å². The Kier molecular flexibility index (Phi) is 4.11. The van der Waals surface area contributed by atoms with E-state index in [0.29, 0.717) is 29.2 Å². The first-order chi connectivity index (χ1) is 9.10. The van der Waals surface area contributed by atoms with Crippen LogP contribution in [0.1, 0.15) is 12.0 Å². The summed E-state index contributed by atoms with van der Waals surface area (Å²) in [5.74, 6) is 1.21. The Morgan fingerprint density at radius 2 is 2.26 bits per heavy atom. The summed E-state index contributed by atoms with van der Waals surface area (Å²) in [7, 11) is 1.54. The zero-order valence-corrected chi connectivity index (χ0v) is 11.3. The molecule has 100 valence electrons. The highest BCUT2D eigenvalue weighted by atomic mass is 32.2. The smallest absolute Gasteiger partial charge is 0.128 e. The quantitative estimate of drug-likeness (QED) is 0.830. The second-order valence-electron chi connectivity index (χ2n) is 3.96. The number of aliphatic hydroxyl groups is 1. The van der Waals surface area contributed by atoms with Gasteiger partial charge in [-0.15, -0.1) is 16.9 Å². The first kappa shape index (κ1) is 13.5. The van der Waals surface area contributed by atoms with E-state index in [4.69, 9.17) is 9.84 Å². The van der Waals surface area contributed by atoms with Gasteiger partial charge in [-0.25, -0.2) is 0 Å². The molecule has 0 atom stereocenters. The van der Waals surface area contributed by atoms with Gasteiger partial charge in [0.25, 0.3) is 0 Å². The Hall–Kier alpha value is -1.95. The average molecular weight is 278 g/mol. The first-order valence-corrected chi connectivity index (χ1v) is 6.59. The molecule has 0 radical (unpaired) electrons. The van der Waals surface area contributed by atoms with Crippen LogP contribution < -0.4 is 4.74 Å². The molecule has 0 aliphatic carbocycles. The summed E-state index contributed by atoms with van der Waals surface area (Å²) in [4.78, 5) is 0. The Bertz CT molecular complexity index is 567. The number of nitrogens with zero attached hydrogens (tertiary/aromatic N) is 2. The average Bonchev–Trinajstić information content (AvgIpc) is 2.84. The summed E-state index contributed by atoms with van der Waals surface area (Å²) in [5.41, 5.74) is 1.34. The van der Waals surface area contributed by atoms with Gasteiger partial charge in [0.15, 0.2) is 0 Å². The van der Waals surface area contributed by atoms with Gasteiger partial charge in [-0.3, -0.25) is 0 Å². The number of ether oxygens (including phenoxy) is 1. The van der Waals surface area contributed by atoms with Crippen molar-refractivity contribution in [3.63, 3.8) is 0 Å². The highest BCUT2D eigenvalue weighted by Crippen LogP contribution is 2.28. The van der Waals surface area contributed by atoms with Crippen LogP contribution in [0.3, 0.4) is 0 Å². The number of hydrogen-bond acceptors (Lipinski definition) is 6. The molecule has 0 aromatic heterocycles. The first-order valence-electron chi connectivity index (χ1n) is 5.60. The lowest BCUT2D eigenvalue weighted by Gasteiger charge is -2.06. The summed E-state index contributed by atoms with van der Waals surface area (Å²) in [5, 5.41) is 27.8. The van der Waals surface area contributed by atoms with Crippen LogP contribution in [0.5, 0.6) is 11.5 Å². The maximum absolute atomic E-state index is 9.91. The third-order valence-electron chi connectivity index (χ3n) is 2.52. The highest BCUT2D eigenvalue weighted by Gasteiger charge is 2.18. The highest BCUT2D eigenvalue weighted by molar-refractivity contribution is 8.14. The minimum atomic E-state index is 0.105. The molecular weight excluding hydrogens is 264 g/mol. The molecular formula is C13H14N2O3S. The third-order valence-corrected chi connectivity index (χ3v) is 3.56. The minimum absolute atomic E-state index is 0.105. The summed E-state index contributed by atoms with van der Waals surface area (Å²) in [6.45, 7) is 3.41. The molecule has 1 aliphatic rings. The van der Waals surface area contributed by atoms with Crippen LogP contribution in [0.25, 0.3) is 0 Å². The van der Waals surface area contributed by atoms with E-state index in [2.05, 4.69) is 16.8 Å². The second-order valence-corrected chi connectivity index (χ2v) is 5.00. The fourth-order valence-corrected chi connectivity index (χ4v) is 2.28. The van der Waals surface area contributed by atoms with E-state index in [1.807, 2.05) is 0 Å². The van der Waals surface area contributed by atoms with E-state index in [0.717, 1.165) is 5.04 Å². The van der Waals surface area contributed by atoms with E-state index < -0.39 is 0 Å². The van der Waals surface area contributed by atoms with Crippen molar-refractivity contribution in [2.45, 2.75) is 6.42 Å². The molecule has 5 nitrogen and oxygen atoms in total. The third kappa shape index (κ3) is 3.29. The number of thioether (sulfide) groups is 1. The van der Waals surface area contributed by atoms with Crippen molar-refractivity contribution in [3.05, 3.63) is 36.1 Å². The van der Waals surface area contributed by atoms with Crippen molar-refractivity contribution < 1.29 is 14.9 Å². The van der Waals surface area contributed by atoms with Crippen molar-refractivity contribution >= 4 is 22.5 Å². The number of aliphatic hydroxyl groups excluding tert-OH is 1. The molecule has 0 fully saturated rings. The second kappa shape index (κ2) is 5.79. The molecule has 6 heteroatoms. The molecule has 0 bridgehead atoms. The van der Waals surface area contributed by atoms with E-state index in [9.17, 15) is 5.11 Å². The molecule has 2 rings (SSSR count). The van der Waals surface area contributed by atoms with Crippen molar-refractivity contribution in [2.75, 3.05) is 12.9 Å². The van der Waals surface area contributed by atoms with E-state index >= 15 is 0 Å². The van der Waals surface area contributed by atoms with Crippen molar-refractivity contribution in [3.8, 4) is 11.5 Å². The van der Waals surface area contributed by atoms with Gasteiger partial charge in [0.05, 0.1) is 24.3 Å². The summed E-state index contributed by atoms with van der Waals surface area (Å²) in [6, 6.07) is 5.05. The minimum Gasteiger partial charge on any atom is -0.512 e. The molecule has 1 aliphatic heterocycles. The molecule has 0 saturated carbocycles. The fraction of sp³-hybridized carbons (Fsp3) is 0.231. The van der Waals surface area contributed by atoms with Crippen molar-refractivity contribution in [1.29, 1.82) is 0 Å². The lowest BCUT2D eigenvalue weighted by Crippen LogP contribution is -2.03. The Balaban J connectivity index is 2.04. The van der Waals surface area contributed by atoms with Gasteiger partial charge in [-0.2, -0.15) is 5.10 Å². The van der Waals surface area contributed by atoms with Gasteiger partial charge < -0.3 is 14.9 Å². The SMILES string of the molecule is C=C(O)CSC1=NN=C(c2ccc(OC)cc2O)C1. The number of rotatable bonds is 4. The van der Waals surface area contributed by atoms with Gasteiger partial charge >= 0.3 is 0 Å². The topological polar surface area (TPSA) is 74.4 Å². The lowest BCUT2D eigenvalue weighted by atomic mass is 10.1. The maximum Gasteiger partial charge on any atom is 0.128 e. The molecule has 2 N–H and O–H groups in total. The number of phenols is 1. The van der Waals surface area contributed by atoms with Crippen molar-refractivity contribution in [1.82, 2.24) is 0 Å². The molecule has 0 saturated heterocycles. The molecule has 1 aromatic rings. The number of phenolic OH excluding ortho intramolecular Hbond substituents is 1. The van der Waals surface area contributed by atoms with Crippen LogP contribution in [-0.2, 0) is 0 Å². The van der Waals surface area contributed by atoms with Crippen LogP contribution in [0.2, 0.25) is 0 Å². The predicted octanol–water partition coefficient (Wildman–Crippen LogP) is 2.71. The number of aromatic hydroxyl groups is 1. The van der Waals surface area contributed by atoms with Crippen LogP contribution in [-0.4, -0.2) is 33.8 Å². The number of benzene rings is 1. The monoisotopic (exact) mass is 278 g/mol. The number of hydrogen-bond donors (Lipinski definition) is 2. The molecule has 19 heavy (non-hydrogen) atoms. The zero-order valence-electron chi connectivity index (χ0n) is 10.5. The summed E-state index contributed by atoms with van der Waals surface area (Å²) < 4.78 is 5.03. The lowest BCUT2D eigenvalue weighted by molar-refractivity contribution is 0.407. The molecule has 0 spiro atoms. The summed E-state index contributed by atoms with van der Waals surface area (Å²) in [6.07, 6.45) is 0.540. The molecule has 0 amide bonds. The fourth-order valence-electron chi connectivity index (χ4n) is 1.61. The van der Waals surface area contributed by atoms with E-state index in [1.54, 1.807) is 25.3 Å². The van der Waals surface area contributed by atoms with Gasteiger partial charge in [-0.1, -0.05) is 6.58 Å². The predicted molar refractivity (Wildman–Crippen MR) is 77.5 cm³/mol. The van der Waals surface area contributed by atoms with Gasteiger partial charge in [0.2, 0.25) is 0 Å². The molecule has 0 unspecified atom stereocenters. The Morgan fingerprint density at radius 1 is 1.47 bits per heavy atom. The van der Waals surface area contributed by atoms with Gasteiger partial charge in [0, 0.05) is 18.1 Å². The normalized spacial score (nSPS) is 13.9. The Morgan fingerprint density at radius 3 is 2.89 bits per heavy atom. The summed E-state index contributed by atoms with van der Waals surface area (Å²) >= 11 is 1.38. The maximum atomic E-state index is 9.91. The molecule has 1 heterocycles. The van der Waals surface area contributed by atoms with Gasteiger partial charge in [0.1, 0.15) is 16.5 Å². The Labute approximate surface area is 115 Å². The van der Waals surface area contributed by atoms with Crippen LogP contribution in [0.15, 0.2) is 40.7 Å². The van der Waals surface area contributed by atoms with E-state index in [-0.39, 0.29) is 11.5 Å². The molecule has 1 aromatic carbocycles. The standard InChI is InChI=1S/C13H14N2O3S/c1-8(16)7-19-13-6-11(14-15-13)10-4-3-9(18-2)5-12(10)17/h3-5,16-17H,1,6-7H2,2H3. The van der Waals surface area contributed by atoms with Gasteiger partial charge in [-0.05, 0) is 12.1 Å². The van der Waals surface area contributed by atoms with Crippen LogP contribution >= 0.6 is 11.8 Å². The largest absolute Gasteiger partial charge is 0.512 e. The number of methoxy groups -OCH3 is 1. The van der Waals surface area contributed by atoms with Crippen molar-refractivity contribution in [2.24, 2.45) is 10.2 Å². The van der Waals surface area contributed by atoms with Crippen LogP contribution in [0, 0.1) is 0 Å². The zero-order chi connectivity index (χ0) is 13.8.